The molecule has 1 aliphatic carbocycles. The molecule has 0 spiro atoms. The van der Waals surface area contributed by atoms with Crippen molar-refractivity contribution in [3.05, 3.63) is 102 Å². The molecule has 0 saturated heterocycles. The molecule has 1 amide bonds. The zero-order valence-corrected chi connectivity index (χ0v) is 22.5. The van der Waals surface area contributed by atoms with Crippen molar-refractivity contribution in [1.82, 2.24) is 4.90 Å². The van der Waals surface area contributed by atoms with Crippen LogP contribution in [-0.2, 0) is 22.7 Å². The fraction of sp³-hybridized carbons (Fsp3) is 0.300. The van der Waals surface area contributed by atoms with Crippen molar-refractivity contribution < 1.29 is 19.0 Å². The van der Waals surface area contributed by atoms with E-state index in [4.69, 9.17) is 37.4 Å². The lowest BCUT2D eigenvalue weighted by atomic mass is 9.85. The number of carbonyl (C=O) groups excluding carboxylic acids is 1. The number of halogens is 2. The number of benzene rings is 3. The van der Waals surface area contributed by atoms with Crippen molar-refractivity contribution >= 4 is 34.7 Å². The Bertz CT molecular complexity index is 1200. The summed E-state index contributed by atoms with van der Waals surface area (Å²) in [6.45, 7) is 0.869. The molecule has 4 rings (SSSR count). The Labute approximate surface area is 228 Å². The van der Waals surface area contributed by atoms with Gasteiger partial charge in [0.25, 0.3) is 5.91 Å². The van der Waals surface area contributed by atoms with Crippen LogP contribution in [-0.4, -0.2) is 42.0 Å². The van der Waals surface area contributed by atoms with E-state index in [1.165, 1.54) is 0 Å². The van der Waals surface area contributed by atoms with Gasteiger partial charge in [-0.3, -0.25) is 4.79 Å². The van der Waals surface area contributed by atoms with Gasteiger partial charge in [-0.05, 0) is 47.2 Å². The maximum Gasteiger partial charge on any atom is 0.256 e. The summed E-state index contributed by atoms with van der Waals surface area (Å²) in [4.78, 5) is 14.0. The summed E-state index contributed by atoms with van der Waals surface area (Å²) < 4.78 is 17.3. The van der Waals surface area contributed by atoms with E-state index in [9.17, 15) is 4.79 Å². The van der Waals surface area contributed by atoms with Crippen LogP contribution >= 0.6 is 23.2 Å². The Morgan fingerprint density at radius 2 is 1.57 bits per heavy atom. The number of nitrogens with zero attached hydrogens (tertiary/aromatic N) is 1. The normalized spacial score (nSPS) is 17.3. The van der Waals surface area contributed by atoms with Crippen molar-refractivity contribution in [1.29, 1.82) is 0 Å². The number of rotatable bonds is 10. The lowest BCUT2D eigenvalue weighted by molar-refractivity contribution is -0.132. The highest BCUT2D eigenvalue weighted by atomic mass is 35.5. The first-order valence-electron chi connectivity index (χ1n) is 12.2. The van der Waals surface area contributed by atoms with Crippen molar-refractivity contribution in [2.24, 2.45) is 0 Å². The van der Waals surface area contributed by atoms with Crippen molar-refractivity contribution in [3.8, 4) is 11.5 Å². The molecule has 0 N–H and O–H groups in total. The Balaban J connectivity index is 1.69. The molecule has 3 aromatic carbocycles. The molecule has 3 aromatic rings. The number of ether oxygens (including phenoxy) is 3. The molecule has 37 heavy (non-hydrogen) atoms. The van der Waals surface area contributed by atoms with Gasteiger partial charge in [0.05, 0.1) is 33.0 Å². The third-order valence-electron chi connectivity index (χ3n) is 6.53. The number of methoxy groups -OCH3 is 2. The fourth-order valence-corrected chi connectivity index (χ4v) is 4.91. The van der Waals surface area contributed by atoms with Crippen molar-refractivity contribution in [2.75, 3.05) is 14.2 Å². The van der Waals surface area contributed by atoms with E-state index >= 15 is 0 Å². The summed E-state index contributed by atoms with van der Waals surface area (Å²) in [6, 6.07) is 25.4. The van der Waals surface area contributed by atoms with E-state index in [0.29, 0.717) is 37.5 Å². The Kier molecular flexibility index (Phi) is 9.51. The zero-order valence-electron chi connectivity index (χ0n) is 21.0. The van der Waals surface area contributed by atoms with Gasteiger partial charge >= 0.3 is 0 Å². The average molecular weight is 540 g/mol. The number of hydrogen-bond donors (Lipinski definition) is 0. The monoisotopic (exact) mass is 539 g/mol. The lowest BCUT2D eigenvalue weighted by Crippen LogP contribution is -2.46. The van der Waals surface area contributed by atoms with Gasteiger partial charge in [-0.2, -0.15) is 0 Å². The van der Waals surface area contributed by atoms with Crippen LogP contribution in [0.5, 0.6) is 11.5 Å². The Morgan fingerprint density at radius 3 is 2.19 bits per heavy atom. The standard InChI is InChI=1S/C30H31Cl2NO4/c1-35-27-16-13-23(17-28(27)36-2)25-15-14-24(37-20-22-11-7-4-8-12-22)18-26(25)33(30(34)29(31)32)19-21-9-5-3-6-10-21/h3-13,15-17,24,26,29H,14,18-20H2,1-2H3/t24-,26+/m1/s1. The summed E-state index contributed by atoms with van der Waals surface area (Å²) in [5.74, 6) is 0.921. The van der Waals surface area contributed by atoms with Gasteiger partial charge in [0.15, 0.2) is 16.3 Å². The summed E-state index contributed by atoms with van der Waals surface area (Å²) in [6.07, 6.45) is 3.38. The van der Waals surface area contributed by atoms with Crippen LogP contribution in [0.4, 0.5) is 0 Å². The Hall–Kier alpha value is -2.99. The van der Waals surface area contributed by atoms with Crippen LogP contribution in [0.25, 0.3) is 5.57 Å². The van der Waals surface area contributed by atoms with E-state index in [1.54, 1.807) is 19.1 Å². The molecular weight excluding hydrogens is 509 g/mol. The third-order valence-corrected chi connectivity index (χ3v) is 6.91. The van der Waals surface area contributed by atoms with Crippen LogP contribution < -0.4 is 9.47 Å². The first-order chi connectivity index (χ1) is 18.0. The van der Waals surface area contributed by atoms with Crippen molar-refractivity contribution in [2.45, 2.75) is 43.0 Å². The van der Waals surface area contributed by atoms with E-state index in [-0.39, 0.29) is 18.1 Å². The molecule has 0 saturated carbocycles. The molecule has 0 unspecified atom stereocenters. The molecule has 0 heterocycles. The highest BCUT2D eigenvalue weighted by Crippen LogP contribution is 2.38. The molecule has 2 atom stereocenters. The molecule has 0 fully saturated rings. The first kappa shape index (κ1) is 27.1. The highest BCUT2D eigenvalue weighted by molar-refractivity contribution is 6.53. The Morgan fingerprint density at radius 1 is 0.919 bits per heavy atom. The van der Waals surface area contributed by atoms with Gasteiger partial charge in [-0.1, -0.05) is 96.0 Å². The van der Waals surface area contributed by atoms with Gasteiger partial charge in [0, 0.05) is 6.54 Å². The molecule has 0 aromatic heterocycles. The van der Waals surface area contributed by atoms with E-state index in [2.05, 4.69) is 6.08 Å². The maximum atomic E-state index is 13.4. The second kappa shape index (κ2) is 13.0. The highest BCUT2D eigenvalue weighted by Gasteiger charge is 2.35. The summed E-state index contributed by atoms with van der Waals surface area (Å²) in [5.41, 5.74) is 4.03. The van der Waals surface area contributed by atoms with E-state index in [1.807, 2.05) is 78.9 Å². The SMILES string of the molecule is COc1ccc(C2=CC[C@@H](OCc3ccccc3)C[C@@H]2N(Cc2ccccc2)C(=O)C(Cl)Cl)cc1OC. The lowest BCUT2D eigenvalue weighted by Gasteiger charge is -2.39. The quantitative estimate of drug-likeness (QED) is 0.270. The minimum atomic E-state index is -1.18. The number of carbonyl (C=O) groups is 1. The average Bonchev–Trinajstić information content (AvgIpc) is 2.95. The number of hydrogen-bond acceptors (Lipinski definition) is 4. The van der Waals surface area contributed by atoms with E-state index < -0.39 is 4.84 Å². The molecule has 1 aliphatic rings. The minimum absolute atomic E-state index is 0.0794. The molecule has 5 nitrogen and oxygen atoms in total. The topological polar surface area (TPSA) is 48.0 Å². The van der Waals surface area contributed by atoms with Crippen LogP contribution in [0.3, 0.4) is 0 Å². The summed E-state index contributed by atoms with van der Waals surface area (Å²) in [5, 5.41) is 0. The van der Waals surface area contributed by atoms with Crippen LogP contribution in [0, 0.1) is 0 Å². The van der Waals surface area contributed by atoms with Crippen LogP contribution in [0.2, 0.25) is 0 Å². The second-order valence-corrected chi connectivity index (χ2v) is 9.98. The van der Waals surface area contributed by atoms with E-state index in [0.717, 1.165) is 22.3 Å². The largest absolute Gasteiger partial charge is 0.493 e. The summed E-state index contributed by atoms with van der Waals surface area (Å²) in [7, 11) is 3.22. The van der Waals surface area contributed by atoms with Gasteiger partial charge in [-0.25, -0.2) is 0 Å². The van der Waals surface area contributed by atoms with Gasteiger partial charge in [0.1, 0.15) is 0 Å². The molecule has 0 radical (unpaired) electrons. The smallest absolute Gasteiger partial charge is 0.256 e. The molecular formula is C30H31Cl2NO4. The molecule has 7 heteroatoms. The predicted molar refractivity (Wildman–Crippen MR) is 148 cm³/mol. The van der Waals surface area contributed by atoms with Gasteiger partial charge in [-0.15, -0.1) is 0 Å². The molecule has 194 valence electrons. The van der Waals surface area contributed by atoms with Crippen molar-refractivity contribution in [3.63, 3.8) is 0 Å². The van der Waals surface area contributed by atoms with Crippen LogP contribution in [0.15, 0.2) is 84.9 Å². The fourth-order valence-electron chi connectivity index (χ4n) is 4.66. The molecule has 0 bridgehead atoms. The maximum absolute atomic E-state index is 13.4. The number of alkyl halides is 2. The predicted octanol–water partition coefficient (Wildman–Crippen LogP) is 6.67. The van der Waals surface area contributed by atoms with Crippen LogP contribution in [0.1, 0.15) is 29.5 Å². The zero-order chi connectivity index (χ0) is 26.2. The second-order valence-electron chi connectivity index (χ2n) is 8.89. The number of amides is 1. The molecule has 0 aliphatic heterocycles. The van der Waals surface area contributed by atoms with Gasteiger partial charge in [0.2, 0.25) is 0 Å². The van der Waals surface area contributed by atoms with Gasteiger partial charge < -0.3 is 19.1 Å². The minimum Gasteiger partial charge on any atom is -0.493 e. The third kappa shape index (κ3) is 6.86. The first-order valence-corrected chi connectivity index (χ1v) is 13.1. The summed E-state index contributed by atoms with van der Waals surface area (Å²) >= 11 is 12.3.